The van der Waals surface area contributed by atoms with Crippen molar-refractivity contribution in [3.8, 4) is 6.07 Å². The van der Waals surface area contributed by atoms with E-state index in [0.29, 0.717) is 17.9 Å². The average molecular weight is 207 g/mol. The number of rotatable bonds is 3. The fraction of sp³-hybridized carbons (Fsp3) is 0.364. The van der Waals surface area contributed by atoms with E-state index in [-0.39, 0.29) is 11.7 Å². The minimum absolute atomic E-state index is 0.113. The number of halogens is 1. The van der Waals surface area contributed by atoms with Crippen LogP contribution in [-0.2, 0) is 0 Å². The van der Waals surface area contributed by atoms with Crippen molar-refractivity contribution in [1.82, 2.24) is 0 Å². The number of benzene rings is 1. The standard InChI is InChI=1S/C11H14FN3/c1-8(6-13)7-15(2)11-5-9(12)3-4-10(11)14/h3-5,8H,7,14H2,1-2H3. The summed E-state index contributed by atoms with van der Waals surface area (Å²) in [5.41, 5.74) is 6.86. The zero-order chi connectivity index (χ0) is 11.4. The number of anilines is 2. The van der Waals surface area contributed by atoms with E-state index < -0.39 is 0 Å². The van der Waals surface area contributed by atoms with Crippen molar-refractivity contribution in [2.45, 2.75) is 6.92 Å². The molecule has 0 spiro atoms. The number of nitrogen functional groups attached to an aromatic ring is 1. The van der Waals surface area contributed by atoms with Gasteiger partial charge in [0.2, 0.25) is 0 Å². The van der Waals surface area contributed by atoms with Gasteiger partial charge in [0.25, 0.3) is 0 Å². The molecule has 0 fully saturated rings. The maximum absolute atomic E-state index is 13.0. The third-order valence-electron chi connectivity index (χ3n) is 2.17. The van der Waals surface area contributed by atoms with E-state index in [1.807, 2.05) is 6.92 Å². The van der Waals surface area contributed by atoms with Crippen molar-refractivity contribution < 1.29 is 4.39 Å². The Labute approximate surface area is 88.9 Å². The molecule has 0 saturated heterocycles. The van der Waals surface area contributed by atoms with Crippen molar-refractivity contribution in [2.75, 3.05) is 24.2 Å². The van der Waals surface area contributed by atoms with E-state index in [9.17, 15) is 4.39 Å². The lowest BCUT2D eigenvalue weighted by Gasteiger charge is -2.22. The monoisotopic (exact) mass is 207 g/mol. The smallest absolute Gasteiger partial charge is 0.125 e. The first-order valence-electron chi connectivity index (χ1n) is 4.70. The van der Waals surface area contributed by atoms with Crippen molar-refractivity contribution in [1.29, 1.82) is 5.26 Å². The van der Waals surface area contributed by atoms with Gasteiger partial charge in [-0.15, -0.1) is 0 Å². The van der Waals surface area contributed by atoms with Crippen LogP contribution in [0, 0.1) is 23.1 Å². The second-order valence-electron chi connectivity index (χ2n) is 3.61. The lowest BCUT2D eigenvalue weighted by molar-refractivity contribution is 0.626. The molecule has 0 saturated carbocycles. The predicted octanol–water partition coefficient (Wildman–Crippen LogP) is 2.00. The SMILES string of the molecule is CC(C#N)CN(C)c1cc(F)ccc1N. The first kappa shape index (κ1) is 11.3. The second-order valence-corrected chi connectivity index (χ2v) is 3.61. The molecule has 0 aliphatic heterocycles. The van der Waals surface area contributed by atoms with Crippen LogP contribution in [0.1, 0.15) is 6.92 Å². The van der Waals surface area contributed by atoms with E-state index in [2.05, 4.69) is 6.07 Å². The molecule has 0 aliphatic carbocycles. The maximum atomic E-state index is 13.0. The van der Waals surface area contributed by atoms with Gasteiger partial charge in [-0.25, -0.2) is 4.39 Å². The molecule has 1 aromatic rings. The lowest BCUT2D eigenvalue weighted by Crippen LogP contribution is -2.24. The minimum Gasteiger partial charge on any atom is -0.397 e. The Morgan fingerprint density at radius 3 is 2.87 bits per heavy atom. The molecule has 0 heterocycles. The van der Waals surface area contributed by atoms with Gasteiger partial charge in [-0.05, 0) is 25.1 Å². The molecule has 0 aromatic heterocycles. The summed E-state index contributed by atoms with van der Waals surface area (Å²) >= 11 is 0. The van der Waals surface area contributed by atoms with Crippen LogP contribution in [0.2, 0.25) is 0 Å². The molecule has 0 radical (unpaired) electrons. The fourth-order valence-corrected chi connectivity index (χ4v) is 1.40. The molecule has 15 heavy (non-hydrogen) atoms. The summed E-state index contributed by atoms with van der Waals surface area (Å²) in [5.74, 6) is -0.437. The molecular formula is C11H14FN3. The topological polar surface area (TPSA) is 53.0 Å². The third-order valence-corrected chi connectivity index (χ3v) is 2.17. The zero-order valence-corrected chi connectivity index (χ0v) is 8.87. The molecule has 2 N–H and O–H groups in total. The third kappa shape index (κ3) is 2.84. The Morgan fingerprint density at radius 1 is 1.60 bits per heavy atom. The molecular weight excluding hydrogens is 193 g/mol. The molecule has 1 atom stereocenters. The zero-order valence-electron chi connectivity index (χ0n) is 8.87. The van der Waals surface area contributed by atoms with Crippen LogP contribution in [0.5, 0.6) is 0 Å². The molecule has 0 amide bonds. The van der Waals surface area contributed by atoms with Gasteiger partial charge in [0.1, 0.15) is 5.82 Å². The molecule has 1 unspecified atom stereocenters. The summed E-state index contributed by atoms with van der Waals surface area (Å²) in [6.45, 7) is 2.34. The van der Waals surface area contributed by atoms with Gasteiger partial charge in [0.05, 0.1) is 23.4 Å². The number of hydrogen-bond acceptors (Lipinski definition) is 3. The number of nitriles is 1. The van der Waals surface area contributed by atoms with Gasteiger partial charge in [0, 0.05) is 13.6 Å². The van der Waals surface area contributed by atoms with Gasteiger partial charge in [-0.3, -0.25) is 0 Å². The predicted molar refractivity (Wildman–Crippen MR) is 58.9 cm³/mol. The van der Waals surface area contributed by atoms with E-state index in [4.69, 9.17) is 11.0 Å². The van der Waals surface area contributed by atoms with Crippen LogP contribution in [0.25, 0.3) is 0 Å². The van der Waals surface area contributed by atoms with Crippen molar-refractivity contribution >= 4 is 11.4 Å². The van der Waals surface area contributed by atoms with Gasteiger partial charge >= 0.3 is 0 Å². The molecule has 1 rings (SSSR count). The van der Waals surface area contributed by atoms with Crippen LogP contribution in [0.4, 0.5) is 15.8 Å². The van der Waals surface area contributed by atoms with Crippen LogP contribution in [-0.4, -0.2) is 13.6 Å². The Kier molecular flexibility index (Phi) is 3.51. The Balaban J connectivity index is 2.86. The largest absolute Gasteiger partial charge is 0.397 e. The van der Waals surface area contributed by atoms with Crippen LogP contribution < -0.4 is 10.6 Å². The minimum atomic E-state index is -0.323. The normalized spacial score (nSPS) is 11.9. The maximum Gasteiger partial charge on any atom is 0.125 e. The molecule has 3 nitrogen and oxygen atoms in total. The molecule has 1 aromatic carbocycles. The van der Waals surface area contributed by atoms with Crippen LogP contribution in [0.15, 0.2) is 18.2 Å². The highest BCUT2D eigenvalue weighted by molar-refractivity contribution is 5.67. The van der Waals surface area contributed by atoms with E-state index in [0.717, 1.165) is 0 Å². The molecule has 80 valence electrons. The fourth-order valence-electron chi connectivity index (χ4n) is 1.40. The summed E-state index contributed by atoms with van der Waals surface area (Å²) in [5, 5.41) is 8.67. The van der Waals surface area contributed by atoms with Crippen molar-refractivity contribution in [3.63, 3.8) is 0 Å². The number of nitrogens with two attached hydrogens (primary N) is 1. The summed E-state index contributed by atoms with van der Waals surface area (Å²) < 4.78 is 13.0. The quantitative estimate of drug-likeness (QED) is 0.771. The van der Waals surface area contributed by atoms with Gasteiger partial charge in [0.15, 0.2) is 0 Å². The van der Waals surface area contributed by atoms with E-state index >= 15 is 0 Å². The van der Waals surface area contributed by atoms with Gasteiger partial charge < -0.3 is 10.6 Å². The van der Waals surface area contributed by atoms with Crippen molar-refractivity contribution in [2.24, 2.45) is 5.92 Å². The van der Waals surface area contributed by atoms with Crippen LogP contribution >= 0.6 is 0 Å². The summed E-state index contributed by atoms with van der Waals surface area (Å²) in [6.07, 6.45) is 0. The number of hydrogen-bond donors (Lipinski definition) is 1. The lowest BCUT2D eigenvalue weighted by atomic mass is 10.1. The molecule has 4 heteroatoms. The first-order chi connectivity index (χ1) is 7.04. The van der Waals surface area contributed by atoms with Crippen molar-refractivity contribution in [3.05, 3.63) is 24.0 Å². The van der Waals surface area contributed by atoms with Crippen LogP contribution in [0.3, 0.4) is 0 Å². The van der Waals surface area contributed by atoms with E-state index in [1.54, 1.807) is 11.9 Å². The molecule has 0 bridgehead atoms. The number of nitrogens with zero attached hydrogens (tertiary/aromatic N) is 2. The average Bonchev–Trinajstić information content (AvgIpc) is 2.21. The highest BCUT2D eigenvalue weighted by Gasteiger charge is 2.09. The van der Waals surface area contributed by atoms with Gasteiger partial charge in [-0.1, -0.05) is 0 Å². The summed E-state index contributed by atoms with van der Waals surface area (Å²) in [7, 11) is 1.79. The Bertz CT molecular complexity index is 384. The summed E-state index contributed by atoms with van der Waals surface area (Å²) in [6, 6.07) is 6.34. The Hall–Kier alpha value is -1.76. The van der Waals surface area contributed by atoms with Gasteiger partial charge in [-0.2, -0.15) is 5.26 Å². The Morgan fingerprint density at radius 2 is 2.27 bits per heavy atom. The second kappa shape index (κ2) is 4.65. The highest BCUT2D eigenvalue weighted by Crippen LogP contribution is 2.23. The van der Waals surface area contributed by atoms with E-state index in [1.165, 1.54) is 18.2 Å². The molecule has 0 aliphatic rings. The highest BCUT2D eigenvalue weighted by atomic mass is 19.1. The summed E-state index contributed by atoms with van der Waals surface area (Å²) in [4.78, 5) is 1.78. The first-order valence-corrected chi connectivity index (χ1v) is 4.70.